The maximum Gasteiger partial charge on any atom is 0.262 e. The van der Waals surface area contributed by atoms with Gasteiger partial charge < -0.3 is 19.0 Å². The molecule has 0 aliphatic carbocycles. The number of furan rings is 1. The van der Waals surface area contributed by atoms with Crippen LogP contribution in [-0.4, -0.2) is 23.2 Å². The molecule has 1 atom stereocenters. The Kier molecular flexibility index (Phi) is 5.59. The number of nitriles is 1. The molecule has 1 saturated heterocycles. The molecule has 0 bridgehead atoms. The largest absolute Gasteiger partial charge is 0.467 e. The Morgan fingerprint density at radius 1 is 1.50 bits per heavy atom. The molecule has 2 aromatic rings. The van der Waals surface area contributed by atoms with E-state index < -0.39 is 5.91 Å². The van der Waals surface area contributed by atoms with E-state index in [0.29, 0.717) is 5.76 Å². The lowest BCUT2D eigenvalue weighted by Gasteiger charge is -2.14. The van der Waals surface area contributed by atoms with Crippen LogP contribution in [0.3, 0.4) is 0 Å². The third-order valence-corrected chi connectivity index (χ3v) is 4.69. The molecule has 1 aliphatic rings. The predicted octanol–water partition coefficient (Wildman–Crippen LogP) is 3.10. The van der Waals surface area contributed by atoms with Crippen LogP contribution < -0.4 is 5.32 Å². The zero-order valence-electron chi connectivity index (χ0n) is 15.1. The van der Waals surface area contributed by atoms with Gasteiger partial charge >= 0.3 is 0 Å². The van der Waals surface area contributed by atoms with Gasteiger partial charge in [0.25, 0.3) is 5.91 Å². The third kappa shape index (κ3) is 4.06. The Hall–Kier alpha value is -2.78. The molecule has 3 heterocycles. The van der Waals surface area contributed by atoms with Crippen LogP contribution in [0.25, 0.3) is 6.08 Å². The molecule has 136 valence electrons. The van der Waals surface area contributed by atoms with Crippen molar-refractivity contribution in [3.63, 3.8) is 0 Å². The molecular weight excluding hydrogens is 330 g/mol. The molecule has 0 spiro atoms. The number of rotatable bonds is 6. The van der Waals surface area contributed by atoms with E-state index in [1.54, 1.807) is 24.5 Å². The molecule has 1 unspecified atom stereocenters. The van der Waals surface area contributed by atoms with Crippen molar-refractivity contribution in [2.45, 2.75) is 45.9 Å². The molecule has 0 radical (unpaired) electrons. The highest BCUT2D eigenvalue weighted by molar-refractivity contribution is 6.01. The molecule has 1 aliphatic heterocycles. The van der Waals surface area contributed by atoms with Crippen LogP contribution in [0.4, 0.5) is 0 Å². The summed E-state index contributed by atoms with van der Waals surface area (Å²) in [5.74, 6) is 0.234. The minimum absolute atomic E-state index is 0.0777. The number of hydrogen-bond acceptors (Lipinski definition) is 4. The third-order valence-electron chi connectivity index (χ3n) is 4.69. The summed E-state index contributed by atoms with van der Waals surface area (Å²) in [7, 11) is 0. The van der Waals surface area contributed by atoms with Crippen LogP contribution >= 0.6 is 0 Å². The van der Waals surface area contributed by atoms with E-state index >= 15 is 0 Å². The van der Waals surface area contributed by atoms with Crippen molar-refractivity contribution in [2.75, 3.05) is 6.61 Å². The fourth-order valence-corrected chi connectivity index (χ4v) is 3.23. The van der Waals surface area contributed by atoms with Gasteiger partial charge in [0, 0.05) is 24.5 Å². The number of hydrogen-bond donors (Lipinski definition) is 1. The SMILES string of the molecule is Cc1cc(/C=C(\C#N)C(=O)NCc2ccco2)c(C)n1CC1CCCO1. The number of aromatic nitrogens is 1. The zero-order valence-corrected chi connectivity index (χ0v) is 15.1. The Bertz CT molecular complexity index is 835. The van der Waals surface area contributed by atoms with Crippen molar-refractivity contribution in [1.29, 1.82) is 5.26 Å². The molecule has 3 rings (SSSR count). The minimum Gasteiger partial charge on any atom is -0.467 e. The van der Waals surface area contributed by atoms with Gasteiger partial charge in [-0.2, -0.15) is 5.26 Å². The summed E-state index contributed by atoms with van der Waals surface area (Å²) < 4.78 is 13.1. The van der Waals surface area contributed by atoms with Crippen molar-refractivity contribution >= 4 is 12.0 Å². The second-order valence-corrected chi connectivity index (χ2v) is 6.50. The number of carbonyl (C=O) groups is 1. The lowest BCUT2D eigenvalue weighted by Crippen LogP contribution is -2.23. The van der Waals surface area contributed by atoms with E-state index in [9.17, 15) is 10.1 Å². The molecule has 0 aromatic carbocycles. The molecule has 6 heteroatoms. The van der Waals surface area contributed by atoms with Gasteiger partial charge in [0.1, 0.15) is 17.4 Å². The van der Waals surface area contributed by atoms with Crippen LogP contribution in [0.1, 0.15) is 35.6 Å². The average Bonchev–Trinajstić information content (AvgIpc) is 3.37. The Labute approximate surface area is 153 Å². The average molecular weight is 353 g/mol. The maximum atomic E-state index is 12.3. The Balaban J connectivity index is 1.73. The monoisotopic (exact) mass is 353 g/mol. The number of amides is 1. The van der Waals surface area contributed by atoms with Gasteiger partial charge in [-0.15, -0.1) is 0 Å². The van der Waals surface area contributed by atoms with E-state index in [0.717, 1.165) is 42.9 Å². The summed E-state index contributed by atoms with van der Waals surface area (Å²) in [6.07, 6.45) is 5.60. The topological polar surface area (TPSA) is 80.2 Å². The first kappa shape index (κ1) is 18.0. The first-order valence-electron chi connectivity index (χ1n) is 8.79. The van der Waals surface area contributed by atoms with Crippen LogP contribution in [0.5, 0.6) is 0 Å². The number of nitrogens with one attached hydrogen (secondary N) is 1. The van der Waals surface area contributed by atoms with Crippen LogP contribution in [-0.2, 0) is 22.6 Å². The highest BCUT2D eigenvalue weighted by Crippen LogP contribution is 2.22. The van der Waals surface area contributed by atoms with Gasteiger partial charge in [-0.05, 0) is 56.5 Å². The van der Waals surface area contributed by atoms with Crippen LogP contribution in [0.2, 0.25) is 0 Å². The molecular formula is C20H23N3O3. The number of aryl methyl sites for hydroxylation is 1. The molecule has 0 saturated carbocycles. The summed E-state index contributed by atoms with van der Waals surface area (Å²) in [5.41, 5.74) is 3.08. The first-order valence-corrected chi connectivity index (χ1v) is 8.79. The van der Waals surface area contributed by atoms with Crippen LogP contribution in [0, 0.1) is 25.2 Å². The summed E-state index contributed by atoms with van der Waals surface area (Å²) in [5, 5.41) is 12.1. The second kappa shape index (κ2) is 8.07. The maximum absolute atomic E-state index is 12.3. The van der Waals surface area contributed by atoms with E-state index in [4.69, 9.17) is 9.15 Å². The van der Waals surface area contributed by atoms with Gasteiger partial charge in [-0.3, -0.25) is 4.79 Å². The van der Waals surface area contributed by atoms with Crippen molar-refractivity contribution < 1.29 is 13.9 Å². The normalized spacial score (nSPS) is 17.3. The van der Waals surface area contributed by atoms with E-state index in [-0.39, 0.29) is 18.2 Å². The van der Waals surface area contributed by atoms with Gasteiger partial charge in [0.15, 0.2) is 0 Å². The van der Waals surface area contributed by atoms with Crippen molar-refractivity contribution in [1.82, 2.24) is 9.88 Å². The predicted molar refractivity (Wildman–Crippen MR) is 97.0 cm³/mol. The molecule has 2 aromatic heterocycles. The standard InChI is InChI=1S/C20H23N3O3/c1-14-9-16(15(2)23(14)13-19-6-4-8-26-19)10-17(11-21)20(24)22-12-18-5-3-7-25-18/h3,5,7,9-10,19H,4,6,8,12-13H2,1-2H3,(H,22,24)/b17-10+. The number of nitrogens with zero attached hydrogens (tertiary/aromatic N) is 2. The lowest BCUT2D eigenvalue weighted by atomic mass is 10.1. The second-order valence-electron chi connectivity index (χ2n) is 6.50. The molecule has 1 amide bonds. The number of ether oxygens (including phenoxy) is 1. The first-order chi connectivity index (χ1) is 12.6. The zero-order chi connectivity index (χ0) is 18.5. The Morgan fingerprint density at radius 3 is 3.00 bits per heavy atom. The van der Waals surface area contributed by atoms with Gasteiger partial charge in [0.2, 0.25) is 0 Å². The summed E-state index contributed by atoms with van der Waals surface area (Å²) in [4.78, 5) is 12.3. The van der Waals surface area contributed by atoms with Crippen LogP contribution in [0.15, 0.2) is 34.5 Å². The fourth-order valence-electron chi connectivity index (χ4n) is 3.23. The van der Waals surface area contributed by atoms with Crippen molar-refractivity contribution in [3.8, 4) is 6.07 Å². The Morgan fingerprint density at radius 2 is 2.35 bits per heavy atom. The van der Waals surface area contributed by atoms with Gasteiger partial charge in [-0.1, -0.05) is 0 Å². The number of carbonyl (C=O) groups excluding carboxylic acids is 1. The molecule has 6 nitrogen and oxygen atoms in total. The van der Waals surface area contributed by atoms with E-state index in [1.165, 1.54) is 0 Å². The quantitative estimate of drug-likeness (QED) is 0.639. The fraction of sp³-hybridized carbons (Fsp3) is 0.400. The highest BCUT2D eigenvalue weighted by Gasteiger charge is 2.19. The smallest absolute Gasteiger partial charge is 0.262 e. The lowest BCUT2D eigenvalue weighted by molar-refractivity contribution is -0.117. The molecule has 1 fully saturated rings. The summed E-state index contributed by atoms with van der Waals surface area (Å²) in [6, 6.07) is 7.52. The summed E-state index contributed by atoms with van der Waals surface area (Å²) >= 11 is 0. The summed E-state index contributed by atoms with van der Waals surface area (Å²) in [6.45, 7) is 5.91. The van der Waals surface area contributed by atoms with Gasteiger partial charge in [0.05, 0.1) is 18.9 Å². The van der Waals surface area contributed by atoms with Crippen molar-refractivity contribution in [3.05, 3.63) is 52.7 Å². The van der Waals surface area contributed by atoms with E-state index in [2.05, 4.69) is 9.88 Å². The highest BCUT2D eigenvalue weighted by atomic mass is 16.5. The van der Waals surface area contributed by atoms with Gasteiger partial charge in [-0.25, -0.2) is 0 Å². The molecule has 1 N–H and O–H groups in total. The minimum atomic E-state index is -0.409. The van der Waals surface area contributed by atoms with E-state index in [1.807, 2.05) is 26.0 Å². The molecule has 26 heavy (non-hydrogen) atoms. The van der Waals surface area contributed by atoms with Crippen molar-refractivity contribution in [2.24, 2.45) is 0 Å².